The van der Waals surface area contributed by atoms with Crippen molar-refractivity contribution in [2.75, 3.05) is 0 Å². The lowest BCUT2D eigenvalue weighted by molar-refractivity contribution is 0.0696. The van der Waals surface area contributed by atoms with Crippen molar-refractivity contribution in [3.8, 4) is 0 Å². The van der Waals surface area contributed by atoms with Gasteiger partial charge in [-0.2, -0.15) is 0 Å². The molecular weight excluding hydrogens is 268 g/mol. The van der Waals surface area contributed by atoms with E-state index in [1.807, 2.05) is 12.1 Å². The van der Waals surface area contributed by atoms with Gasteiger partial charge in [-0.1, -0.05) is 24.3 Å². The van der Waals surface area contributed by atoms with Crippen LogP contribution in [0.25, 0.3) is 0 Å². The molecule has 1 aliphatic rings. The molecule has 2 aromatic carbocycles. The zero-order chi connectivity index (χ0) is 13.9. The Bertz CT molecular complexity index is 649. The maximum absolute atomic E-state index is 11.2. The minimum absolute atomic E-state index is 0.404. The van der Waals surface area contributed by atoms with Gasteiger partial charge in [0.2, 0.25) is 0 Å². The number of aryl methyl sites for hydroxylation is 2. The van der Waals surface area contributed by atoms with Crippen LogP contribution in [0.2, 0.25) is 0 Å². The SMILES string of the molecule is O=C(O)c1ccccc1CSc1ccc2c(c1)CCC2. The minimum Gasteiger partial charge on any atom is -0.478 e. The highest BCUT2D eigenvalue weighted by molar-refractivity contribution is 7.98. The Kier molecular flexibility index (Phi) is 3.79. The Morgan fingerprint density at radius 3 is 2.75 bits per heavy atom. The van der Waals surface area contributed by atoms with Crippen LogP contribution in [0.3, 0.4) is 0 Å². The largest absolute Gasteiger partial charge is 0.478 e. The Hall–Kier alpha value is -1.74. The summed E-state index contributed by atoms with van der Waals surface area (Å²) in [6.07, 6.45) is 3.63. The molecule has 1 aliphatic carbocycles. The van der Waals surface area contributed by atoms with Crippen molar-refractivity contribution in [1.82, 2.24) is 0 Å². The average Bonchev–Trinajstić information content (AvgIpc) is 2.92. The van der Waals surface area contributed by atoms with Gasteiger partial charge in [0.1, 0.15) is 0 Å². The zero-order valence-corrected chi connectivity index (χ0v) is 12.0. The van der Waals surface area contributed by atoms with Crippen LogP contribution in [-0.4, -0.2) is 11.1 Å². The van der Waals surface area contributed by atoms with Gasteiger partial charge in [-0.15, -0.1) is 11.8 Å². The summed E-state index contributed by atoms with van der Waals surface area (Å²) in [5.74, 6) is -0.156. The Labute approximate surface area is 122 Å². The maximum Gasteiger partial charge on any atom is 0.335 e. The number of carbonyl (C=O) groups is 1. The first-order chi connectivity index (χ1) is 9.74. The van der Waals surface area contributed by atoms with Gasteiger partial charge in [0, 0.05) is 10.6 Å². The van der Waals surface area contributed by atoms with Crippen LogP contribution >= 0.6 is 11.8 Å². The highest BCUT2D eigenvalue weighted by Crippen LogP contribution is 2.30. The number of hydrogen-bond donors (Lipinski definition) is 1. The van der Waals surface area contributed by atoms with E-state index in [4.69, 9.17) is 0 Å². The average molecular weight is 284 g/mol. The minimum atomic E-state index is -0.852. The summed E-state index contributed by atoms with van der Waals surface area (Å²) < 4.78 is 0. The summed E-state index contributed by atoms with van der Waals surface area (Å²) in [6, 6.07) is 13.9. The van der Waals surface area contributed by atoms with E-state index in [0.717, 1.165) is 5.56 Å². The summed E-state index contributed by atoms with van der Waals surface area (Å²) in [4.78, 5) is 12.4. The molecule has 0 amide bonds. The number of benzene rings is 2. The molecule has 0 heterocycles. The molecule has 1 N–H and O–H groups in total. The van der Waals surface area contributed by atoms with Gasteiger partial charge in [-0.05, 0) is 54.2 Å². The first kappa shape index (κ1) is 13.3. The lowest BCUT2D eigenvalue weighted by Crippen LogP contribution is -2.00. The van der Waals surface area contributed by atoms with Gasteiger partial charge < -0.3 is 5.11 Å². The third kappa shape index (κ3) is 2.73. The van der Waals surface area contributed by atoms with Crippen molar-refractivity contribution in [2.24, 2.45) is 0 Å². The van der Waals surface area contributed by atoms with Crippen molar-refractivity contribution >= 4 is 17.7 Å². The molecule has 20 heavy (non-hydrogen) atoms. The van der Waals surface area contributed by atoms with E-state index < -0.39 is 5.97 Å². The van der Waals surface area contributed by atoms with Crippen LogP contribution in [0, 0.1) is 0 Å². The molecule has 0 fully saturated rings. The number of hydrogen-bond acceptors (Lipinski definition) is 2. The Morgan fingerprint density at radius 2 is 1.90 bits per heavy atom. The lowest BCUT2D eigenvalue weighted by atomic mass is 10.1. The molecule has 0 aliphatic heterocycles. The second kappa shape index (κ2) is 5.71. The summed E-state index contributed by atoms with van der Waals surface area (Å²) in [6.45, 7) is 0. The molecule has 102 valence electrons. The number of aromatic carboxylic acids is 1. The van der Waals surface area contributed by atoms with Crippen LogP contribution < -0.4 is 0 Å². The lowest BCUT2D eigenvalue weighted by Gasteiger charge is -2.07. The van der Waals surface area contributed by atoms with Gasteiger partial charge >= 0.3 is 5.97 Å². The van der Waals surface area contributed by atoms with Crippen molar-refractivity contribution < 1.29 is 9.90 Å². The first-order valence-electron chi connectivity index (χ1n) is 6.80. The smallest absolute Gasteiger partial charge is 0.335 e. The monoisotopic (exact) mass is 284 g/mol. The molecule has 0 spiro atoms. The highest BCUT2D eigenvalue weighted by Gasteiger charge is 2.12. The van der Waals surface area contributed by atoms with Gasteiger partial charge in [-0.25, -0.2) is 4.79 Å². The topological polar surface area (TPSA) is 37.3 Å². The van der Waals surface area contributed by atoms with Gasteiger partial charge in [-0.3, -0.25) is 0 Å². The molecule has 0 aromatic heterocycles. The van der Waals surface area contributed by atoms with E-state index in [1.165, 1.54) is 35.3 Å². The highest BCUT2D eigenvalue weighted by atomic mass is 32.2. The molecular formula is C17H16O2S. The van der Waals surface area contributed by atoms with E-state index in [1.54, 1.807) is 23.9 Å². The van der Waals surface area contributed by atoms with Gasteiger partial charge in [0.25, 0.3) is 0 Å². The van der Waals surface area contributed by atoms with Crippen LogP contribution in [-0.2, 0) is 18.6 Å². The fourth-order valence-corrected chi connectivity index (χ4v) is 3.62. The number of carboxylic acid groups (broad SMARTS) is 1. The van der Waals surface area contributed by atoms with E-state index in [-0.39, 0.29) is 0 Å². The maximum atomic E-state index is 11.2. The van der Waals surface area contributed by atoms with Crippen LogP contribution in [0.5, 0.6) is 0 Å². The standard InChI is InChI=1S/C17H16O2S/c18-17(19)16-7-2-1-4-14(16)11-20-15-9-8-12-5-3-6-13(12)10-15/h1-2,4,7-10H,3,5-6,11H2,(H,18,19). The molecule has 3 heteroatoms. The van der Waals surface area contributed by atoms with Crippen LogP contribution in [0.1, 0.15) is 33.5 Å². The predicted molar refractivity (Wildman–Crippen MR) is 81.4 cm³/mol. The van der Waals surface area contributed by atoms with Gasteiger partial charge in [0.15, 0.2) is 0 Å². The predicted octanol–water partition coefficient (Wildman–Crippen LogP) is 4.17. The molecule has 0 atom stereocenters. The fourth-order valence-electron chi connectivity index (χ4n) is 2.65. The zero-order valence-electron chi connectivity index (χ0n) is 11.1. The second-order valence-electron chi connectivity index (χ2n) is 5.04. The van der Waals surface area contributed by atoms with Crippen molar-refractivity contribution in [1.29, 1.82) is 0 Å². The van der Waals surface area contributed by atoms with E-state index in [2.05, 4.69) is 18.2 Å². The summed E-state index contributed by atoms with van der Waals surface area (Å²) in [7, 11) is 0. The summed E-state index contributed by atoms with van der Waals surface area (Å²) >= 11 is 1.71. The molecule has 0 saturated carbocycles. The summed E-state index contributed by atoms with van der Waals surface area (Å²) in [5.41, 5.74) is 4.22. The van der Waals surface area contributed by atoms with Crippen LogP contribution in [0.4, 0.5) is 0 Å². The van der Waals surface area contributed by atoms with Crippen molar-refractivity contribution in [2.45, 2.75) is 29.9 Å². The molecule has 2 aromatic rings. The normalized spacial score (nSPS) is 13.2. The number of fused-ring (bicyclic) bond motifs is 1. The quantitative estimate of drug-likeness (QED) is 0.856. The fraction of sp³-hybridized carbons (Fsp3) is 0.235. The first-order valence-corrected chi connectivity index (χ1v) is 7.78. The molecule has 2 nitrogen and oxygen atoms in total. The second-order valence-corrected chi connectivity index (χ2v) is 6.08. The third-order valence-electron chi connectivity index (χ3n) is 3.71. The number of thioether (sulfide) groups is 1. The van der Waals surface area contributed by atoms with E-state index in [0.29, 0.717) is 11.3 Å². The van der Waals surface area contributed by atoms with E-state index in [9.17, 15) is 9.90 Å². The van der Waals surface area contributed by atoms with E-state index >= 15 is 0 Å². The third-order valence-corrected chi connectivity index (χ3v) is 4.75. The van der Waals surface area contributed by atoms with Crippen molar-refractivity contribution in [3.63, 3.8) is 0 Å². The molecule has 0 bridgehead atoms. The summed E-state index contributed by atoms with van der Waals surface area (Å²) in [5, 5.41) is 9.18. The number of carboxylic acids is 1. The van der Waals surface area contributed by atoms with Gasteiger partial charge in [0.05, 0.1) is 5.56 Å². The number of rotatable bonds is 4. The van der Waals surface area contributed by atoms with Crippen LogP contribution in [0.15, 0.2) is 47.4 Å². The molecule has 3 rings (SSSR count). The molecule has 0 unspecified atom stereocenters. The Balaban J connectivity index is 1.75. The molecule has 0 radical (unpaired) electrons. The Morgan fingerprint density at radius 1 is 1.10 bits per heavy atom. The molecule has 0 saturated heterocycles. The van der Waals surface area contributed by atoms with Crippen molar-refractivity contribution in [3.05, 3.63) is 64.7 Å².